The van der Waals surface area contributed by atoms with Gasteiger partial charge in [0, 0.05) is 26.7 Å². The molecule has 21 heavy (non-hydrogen) atoms. The van der Waals surface area contributed by atoms with E-state index >= 15 is 0 Å². The van der Waals surface area contributed by atoms with Crippen LogP contribution in [0.1, 0.15) is 53.9 Å². The highest BCUT2D eigenvalue weighted by Gasteiger charge is 2.31. The summed E-state index contributed by atoms with van der Waals surface area (Å²) < 4.78 is 5.66. The van der Waals surface area contributed by atoms with Crippen molar-refractivity contribution in [1.82, 2.24) is 10.2 Å². The Kier molecular flexibility index (Phi) is 8.22. The van der Waals surface area contributed by atoms with Gasteiger partial charge in [-0.25, -0.2) is 0 Å². The molecule has 0 radical (unpaired) electrons. The largest absolute Gasteiger partial charge is 0.380 e. The molecule has 3 heteroatoms. The molecular formula is C18H38N2O. The van der Waals surface area contributed by atoms with Gasteiger partial charge in [0.05, 0.1) is 6.10 Å². The Morgan fingerprint density at radius 2 is 2.10 bits per heavy atom. The van der Waals surface area contributed by atoms with Crippen molar-refractivity contribution in [2.75, 3.05) is 39.8 Å². The van der Waals surface area contributed by atoms with E-state index in [0.717, 1.165) is 25.6 Å². The second-order valence-electron chi connectivity index (χ2n) is 7.86. The molecule has 1 aliphatic rings. The van der Waals surface area contributed by atoms with Crippen molar-refractivity contribution in [3.63, 3.8) is 0 Å². The monoisotopic (exact) mass is 298 g/mol. The fourth-order valence-corrected chi connectivity index (χ4v) is 3.58. The molecule has 1 aliphatic heterocycles. The van der Waals surface area contributed by atoms with E-state index in [4.69, 9.17) is 4.74 Å². The third kappa shape index (κ3) is 6.66. The number of hydrogen-bond donors (Lipinski definition) is 1. The highest BCUT2D eigenvalue weighted by molar-refractivity contribution is 4.85. The van der Waals surface area contributed by atoms with Crippen LogP contribution in [-0.4, -0.2) is 50.8 Å². The SMILES string of the molecule is CCCC(C)(CNCC(C)C)CN1CCC(C)C(OC)C1. The Morgan fingerprint density at radius 3 is 2.67 bits per heavy atom. The first kappa shape index (κ1) is 18.9. The van der Waals surface area contributed by atoms with Crippen LogP contribution in [0.15, 0.2) is 0 Å². The average molecular weight is 299 g/mol. The minimum atomic E-state index is 0.377. The van der Waals surface area contributed by atoms with Crippen LogP contribution in [-0.2, 0) is 4.74 Å². The Bertz CT molecular complexity index is 282. The summed E-state index contributed by atoms with van der Waals surface area (Å²) in [5.41, 5.74) is 0.377. The maximum Gasteiger partial charge on any atom is 0.0724 e. The van der Waals surface area contributed by atoms with Crippen molar-refractivity contribution in [3.8, 4) is 0 Å². The average Bonchev–Trinajstić information content (AvgIpc) is 2.40. The molecule has 0 saturated carbocycles. The Hall–Kier alpha value is -0.120. The lowest BCUT2D eigenvalue weighted by Crippen LogP contribution is -2.50. The summed E-state index contributed by atoms with van der Waals surface area (Å²) in [6.45, 7) is 17.4. The Balaban J connectivity index is 2.52. The molecule has 0 aromatic heterocycles. The molecule has 1 rings (SSSR count). The first-order chi connectivity index (χ1) is 9.90. The molecule has 1 saturated heterocycles. The molecule has 1 fully saturated rings. The maximum absolute atomic E-state index is 5.66. The minimum Gasteiger partial charge on any atom is -0.380 e. The molecule has 0 aromatic carbocycles. The van der Waals surface area contributed by atoms with E-state index in [9.17, 15) is 0 Å². The van der Waals surface area contributed by atoms with Crippen LogP contribution in [0.2, 0.25) is 0 Å². The number of methoxy groups -OCH3 is 1. The van der Waals surface area contributed by atoms with Gasteiger partial charge in [-0.05, 0) is 43.2 Å². The van der Waals surface area contributed by atoms with Crippen LogP contribution >= 0.6 is 0 Å². The third-order valence-corrected chi connectivity index (χ3v) is 4.84. The summed E-state index contributed by atoms with van der Waals surface area (Å²) in [6, 6.07) is 0. The van der Waals surface area contributed by atoms with Gasteiger partial charge in [0.15, 0.2) is 0 Å². The maximum atomic E-state index is 5.66. The Labute approximate surface area is 132 Å². The number of nitrogens with zero attached hydrogens (tertiary/aromatic N) is 1. The van der Waals surface area contributed by atoms with Gasteiger partial charge in [0.25, 0.3) is 0 Å². The molecule has 0 bridgehead atoms. The molecule has 0 amide bonds. The van der Waals surface area contributed by atoms with Gasteiger partial charge in [0.2, 0.25) is 0 Å². The van der Waals surface area contributed by atoms with Gasteiger partial charge in [-0.15, -0.1) is 0 Å². The zero-order chi connectivity index (χ0) is 15.9. The van der Waals surface area contributed by atoms with E-state index in [0.29, 0.717) is 17.4 Å². The molecule has 1 heterocycles. The van der Waals surface area contributed by atoms with Crippen LogP contribution in [0.3, 0.4) is 0 Å². The van der Waals surface area contributed by atoms with E-state index in [-0.39, 0.29) is 0 Å². The highest BCUT2D eigenvalue weighted by atomic mass is 16.5. The molecule has 3 nitrogen and oxygen atoms in total. The van der Waals surface area contributed by atoms with Crippen molar-refractivity contribution >= 4 is 0 Å². The van der Waals surface area contributed by atoms with E-state index < -0.39 is 0 Å². The molecule has 0 aromatic rings. The summed E-state index contributed by atoms with van der Waals surface area (Å²) in [5, 5.41) is 3.68. The standard InChI is InChI=1S/C18H38N2O/c1-7-9-18(5,13-19-11-15(2)3)14-20-10-8-16(4)17(12-20)21-6/h15-17,19H,7-14H2,1-6H3. The number of piperidine rings is 1. The number of nitrogens with one attached hydrogen (secondary N) is 1. The zero-order valence-electron chi connectivity index (χ0n) is 15.2. The Morgan fingerprint density at radius 1 is 1.38 bits per heavy atom. The normalized spacial score (nSPS) is 27.0. The first-order valence-corrected chi connectivity index (χ1v) is 8.86. The van der Waals surface area contributed by atoms with Crippen LogP contribution in [0, 0.1) is 17.3 Å². The summed E-state index contributed by atoms with van der Waals surface area (Å²) in [5.74, 6) is 1.42. The highest BCUT2D eigenvalue weighted by Crippen LogP contribution is 2.27. The molecular weight excluding hydrogens is 260 g/mol. The lowest BCUT2D eigenvalue weighted by molar-refractivity contribution is -0.0173. The predicted octanol–water partition coefficient (Wildman–Crippen LogP) is 3.40. The lowest BCUT2D eigenvalue weighted by atomic mass is 9.83. The number of likely N-dealkylation sites (tertiary alicyclic amines) is 1. The lowest BCUT2D eigenvalue weighted by Gasteiger charge is -2.41. The first-order valence-electron chi connectivity index (χ1n) is 8.86. The van der Waals surface area contributed by atoms with Crippen molar-refractivity contribution < 1.29 is 4.74 Å². The van der Waals surface area contributed by atoms with Gasteiger partial charge < -0.3 is 15.0 Å². The number of hydrogen-bond acceptors (Lipinski definition) is 3. The fraction of sp³-hybridized carbons (Fsp3) is 1.00. The van der Waals surface area contributed by atoms with E-state index in [1.54, 1.807) is 0 Å². The van der Waals surface area contributed by atoms with Crippen LogP contribution in [0.25, 0.3) is 0 Å². The summed E-state index contributed by atoms with van der Waals surface area (Å²) in [4.78, 5) is 2.63. The zero-order valence-corrected chi connectivity index (χ0v) is 15.2. The van der Waals surface area contributed by atoms with Crippen molar-refractivity contribution in [2.45, 2.75) is 60.0 Å². The van der Waals surface area contributed by atoms with Gasteiger partial charge in [-0.1, -0.05) is 41.0 Å². The minimum absolute atomic E-state index is 0.377. The van der Waals surface area contributed by atoms with E-state index in [1.165, 1.54) is 32.4 Å². The number of rotatable bonds is 9. The molecule has 0 aliphatic carbocycles. The second kappa shape index (κ2) is 9.12. The molecule has 3 atom stereocenters. The molecule has 126 valence electrons. The van der Waals surface area contributed by atoms with E-state index in [2.05, 4.69) is 44.8 Å². The van der Waals surface area contributed by atoms with Crippen LogP contribution in [0.5, 0.6) is 0 Å². The predicted molar refractivity (Wildman–Crippen MR) is 91.7 cm³/mol. The smallest absolute Gasteiger partial charge is 0.0724 e. The summed E-state index contributed by atoms with van der Waals surface area (Å²) in [7, 11) is 1.86. The van der Waals surface area contributed by atoms with Crippen LogP contribution in [0.4, 0.5) is 0 Å². The second-order valence-corrected chi connectivity index (χ2v) is 7.86. The fourth-order valence-electron chi connectivity index (χ4n) is 3.58. The van der Waals surface area contributed by atoms with Crippen molar-refractivity contribution in [2.24, 2.45) is 17.3 Å². The van der Waals surface area contributed by atoms with Crippen molar-refractivity contribution in [3.05, 3.63) is 0 Å². The van der Waals surface area contributed by atoms with Gasteiger partial charge in [-0.2, -0.15) is 0 Å². The van der Waals surface area contributed by atoms with E-state index in [1.807, 2.05) is 7.11 Å². The molecule has 3 unspecified atom stereocenters. The van der Waals surface area contributed by atoms with Gasteiger partial charge >= 0.3 is 0 Å². The molecule has 1 N–H and O–H groups in total. The van der Waals surface area contributed by atoms with Crippen LogP contribution < -0.4 is 5.32 Å². The molecule has 0 spiro atoms. The summed E-state index contributed by atoms with van der Waals surface area (Å²) in [6.07, 6.45) is 4.23. The number of ether oxygens (including phenoxy) is 1. The van der Waals surface area contributed by atoms with Crippen molar-refractivity contribution in [1.29, 1.82) is 0 Å². The van der Waals surface area contributed by atoms with Gasteiger partial charge in [-0.3, -0.25) is 0 Å². The third-order valence-electron chi connectivity index (χ3n) is 4.84. The van der Waals surface area contributed by atoms with Gasteiger partial charge in [0.1, 0.15) is 0 Å². The quantitative estimate of drug-likeness (QED) is 0.706. The topological polar surface area (TPSA) is 24.5 Å². The summed E-state index contributed by atoms with van der Waals surface area (Å²) >= 11 is 0.